The summed E-state index contributed by atoms with van der Waals surface area (Å²) in [6.07, 6.45) is 0. The van der Waals surface area contributed by atoms with E-state index in [1.165, 1.54) is 65.3 Å². The van der Waals surface area contributed by atoms with E-state index in [0.29, 0.717) is 11.1 Å². The highest BCUT2D eigenvalue weighted by Crippen LogP contribution is 2.52. The van der Waals surface area contributed by atoms with E-state index < -0.39 is 0 Å². The first-order valence-corrected chi connectivity index (χ1v) is 15.6. The summed E-state index contributed by atoms with van der Waals surface area (Å²) in [6.45, 7) is 0. The van der Waals surface area contributed by atoms with Gasteiger partial charge in [0.25, 0.3) is 0 Å². The lowest BCUT2D eigenvalue weighted by Crippen LogP contribution is -1.91. The molecule has 0 fully saturated rings. The van der Waals surface area contributed by atoms with Gasteiger partial charge < -0.3 is 0 Å². The van der Waals surface area contributed by atoms with Crippen LogP contribution in [0.15, 0.2) is 132 Å². The summed E-state index contributed by atoms with van der Waals surface area (Å²) in [5.74, 6) is 0. The Kier molecular flexibility index (Phi) is 5.51. The van der Waals surface area contributed by atoms with Crippen molar-refractivity contribution in [3.05, 3.63) is 143 Å². The predicted octanol–water partition coefficient (Wildman–Crippen LogP) is 11.8. The number of nitriles is 2. The summed E-state index contributed by atoms with van der Waals surface area (Å²) in [7, 11) is 0. The third-order valence-corrected chi connectivity index (χ3v) is 10.0. The summed E-state index contributed by atoms with van der Waals surface area (Å²) in [6, 6.07) is 49.3. The molecule has 2 nitrogen and oxygen atoms in total. The molecule has 8 aromatic carbocycles. The fourth-order valence-corrected chi connectivity index (χ4v) is 7.70. The number of rotatable bonds is 2. The van der Waals surface area contributed by atoms with Gasteiger partial charge in [-0.05, 0) is 142 Å². The second-order valence-electron chi connectivity index (χ2n) is 11.6. The van der Waals surface area contributed by atoms with E-state index in [4.69, 9.17) is 0 Å². The van der Waals surface area contributed by atoms with E-state index in [-0.39, 0.29) is 0 Å². The Hall–Kier alpha value is -5.74. The van der Waals surface area contributed by atoms with Crippen LogP contribution in [-0.2, 0) is 0 Å². The van der Waals surface area contributed by atoms with Crippen molar-refractivity contribution in [2.24, 2.45) is 0 Å². The molecule has 1 aliphatic rings. The monoisotopic (exact) mass is 632 g/mol. The van der Waals surface area contributed by atoms with Crippen molar-refractivity contribution in [2.75, 3.05) is 0 Å². The smallest absolute Gasteiger partial charge is 0.0991 e. The van der Waals surface area contributed by atoms with Gasteiger partial charge in [-0.15, -0.1) is 0 Å². The fraction of sp³-hybridized carbons (Fsp3) is 0. The largest absolute Gasteiger partial charge is 0.192 e. The van der Waals surface area contributed by atoms with Crippen molar-refractivity contribution < 1.29 is 0 Å². The predicted molar refractivity (Wildman–Crippen MR) is 189 cm³/mol. The fourth-order valence-electron chi connectivity index (χ4n) is 7.24. The lowest BCUT2D eigenvalue weighted by Gasteiger charge is -2.17. The summed E-state index contributed by atoms with van der Waals surface area (Å²) < 4.78 is 1.10. The second-order valence-corrected chi connectivity index (χ2v) is 12.5. The van der Waals surface area contributed by atoms with Gasteiger partial charge in [0.15, 0.2) is 0 Å². The van der Waals surface area contributed by atoms with Crippen LogP contribution in [-0.4, -0.2) is 0 Å². The molecule has 3 heteroatoms. The molecule has 0 aromatic heterocycles. The van der Waals surface area contributed by atoms with E-state index in [2.05, 4.69) is 119 Å². The molecule has 0 saturated carbocycles. The van der Waals surface area contributed by atoms with Crippen LogP contribution in [0.1, 0.15) is 11.1 Å². The molecule has 0 unspecified atom stereocenters. The van der Waals surface area contributed by atoms with Gasteiger partial charge in [-0.2, -0.15) is 10.5 Å². The van der Waals surface area contributed by atoms with Crippen LogP contribution >= 0.6 is 15.9 Å². The standard InChI is InChI=1S/C42H21BrN2/c43-41-17-16-31-37-20-38-34(27-14-10-25(23-45)11-15-27)19-35-29-5-2-1-4-28(29)33(26-12-8-24(22-44)9-13-26)18-39(35)40(38)21-36(37)30-6-3-7-32(41)42(30)31/h1-21H. The van der Waals surface area contributed by atoms with Crippen LogP contribution in [0.3, 0.4) is 0 Å². The Balaban J connectivity index is 1.45. The Morgan fingerprint density at radius 1 is 0.378 bits per heavy atom. The van der Waals surface area contributed by atoms with Gasteiger partial charge in [0, 0.05) is 4.47 Å². The number of nitrogens with zero attached hydrogens (tertiary/aromatic N) is 2. The molecule has 0 bridgehead atoms. The van der Waals surface area contributed by atoms with Crippen molar-refractivity contribution in [3.63, 3.8) is 0 Å². The molecule has 1 aliphatic carbocycles. The molecule has 9 rings (SSSR count). The zero-order valence-electron chi connectivity index (χ0n) is 23.9. The first-order chi connectivity index (χ1) is 22.1. The van der Waals surface area contributed by atoms with E-state index >= 15 is 0 Å². The van der Waals surface area contributed by atoms with Crippen LogP contribution in [0.4, 0.5) is 0 Å². The number of halogens is 1. The average molecular weight is 634 g/mol. The summed E-state index contributed by atoms with van der Waals surface area (Å²) >= 11 is 3.79. The summed E-state index contributed by atoms with van der Waals surface area (Å²) in [4.78, 5) is 0. The van der Waals surface area contributed by atoms with Crippen LogP contribution < -0.4 is 0 Å². The number of benzene rings is 8. The normalized spacial score (nSPS) is 11.6. The highest BCUT2D eigenvalue weighted by Gasteiger charge is 2.25. The van der Waals surface area contributed by atoms with Crippen molar-refractivity contribution in [1.82, 2.24) is 0 Å². The first-order valence-electron chi connectivity index (χ1n) is 14.8. The molecule has 45 heavy (non-hydrogen) atoms. The van der Waals surface area contributed by atoms with E-state index in [1.54, 1.807) is 0 Å². The van der Waals surface area contributed by atoms with Crippen LogP contribution in [0.5, 0.6) is 0 Å². The average Bonchev–Trinajstić information content (AvgIpc) is 3.41. The quantitative estimate of drug-likeness (QED) is 0.178. The van der Waals surface area contributed by atoms with Gasteiger partial charge in [-0.25, -0.2) is 0 Å². The molecule has 206 valence electrons. The van der Waals surface area contributed by atoms with Gasteiger partial charge in [-0.3, -0.25) is 0 Å². The molecule has 0 heterocycles. The molecule has 0 saturated heterocycles. The highest BCUT2D eigenvalue weighted by molar-refractivity contribution is 9.10. The molecule has 8 aromatic rings. The topological polar surface area (TPSA) is 47.6 Å². The number of hydrogen-bond acceptors (Lipinski definition) is 2. The molecule has 0 atom stereocenters. The molecular weight excluding hydrogens is 612 g/mol. The molecule has 0 amide bonds. The minimum Gasteiger partial charge on any atom is -0.192 e. The zero-order valence-corrected chi connectivity index (χ0v) is 25.5. The summed E-state index contributed by atoms with van der Waals surface area (Å²) in [5.41, 5.74) is 10.7. The third-order valence-electron chi connectivity index (χ3n) is 9.33. The van der Waals surface area contributed by atoms with Gasteiger partial charge in [0.05, 0.1) is 23.3 Å². The van der Waals surface area contributed by atoms with E-state index in [1.807, 2.05) is 36.4 Å². The first kappa shape index (κ1) is 25.7. The van der Waals surface area contributed by atoms with Crippen molar-refractivity contribution in [2.45, 2.75) is 0 Å². The van der Waals surface area contributed by atoms with E-state index in [0.717, 1.165) is 26.7 Å². The molecular formula is C42H21BrN2. The van der Waals surface area contributed by atoms with Crippen molar-refractivity contribution >= 4 is 59.0 Å². The molecule has 0 N–H and O–H groups in total. The zero-order chi connectivity index (χ0) is 30.2. The Bertz CT molecular complexity index is 2650. The molecule has 0 spiro atoms. The third kappa shape index (κ3) is 3.72. The maximum atomic E-state index is 9.49. The minimum atomic E-state index is 0.648. The lowest BCUT2D eigenvalue weighted by molar-refractivity contribution is 1.48. The molecule has 0 aliphatic heterocycles. The van der Waals surface area contributed by atoms with Gasteiger partial charge in [0.1, 0.15) is 0 Å². The minimum absolute atomic E-state index is 0.648. The van der Waals surface area contributed by atoms with Gasteiger partial charge in [-0.1, -0.05) is 88.7 Å². The SMILES string of the molecule is N#Cc1ccc(-c2cc3c4cc5c(cc4c(-c4ccc(C#N)cc4)cc3c3ccccc23)-c2ccc(Br)c3cccc-5c23)cc1. The van der Waals surface area contributed by atoms with Gasteiger partial charge in [0.2, 0.25) is 0 Å². The van der Waals surface area contributed by atoms with Crippen LogP contribution in [0.2, 0.25) is 0 Å². The Morgan fingerprint density at radius 3 is 1.51 bits per heavy atom. The lowest BCUT2D eigenvalue weighted by atomic mass is 9.86. The maximum Gasteiger partial charge on any atom is 0.0991 e. The highest BCUT2D eigenvalue weighted by atomic mass is 79.9. The number of fused-ring (bicyclic) bond motifs is 8. The van der Waals surface area contributed by atoms with Crippen LogP contribution in [0, 0.1) is 22.7 Å². The Labute approximate surface area is 268 Å². The number of hydrogen-bond donors (Lipinski definition) is 0. The van der Waals surface area contributed by atoms with Crippen LogP contribution in [0.25, 0.3) is 87.6 Å². The van der Waals surface area contributed by atoms with Gasteiger partial charge >= 0.3 is 0 Å². The second kappa shape index (κ2) is 9.63. The summed E-state index contributed by atoms with van der Waals surface area (Å²) in [5, 5.41) is 28.5. The van der Waals surface area contributed by atoms with Crippen molar-refractivity contribution in [1.29, 1.82) is 10.5 Å². The maximum absolute atomic E-state index is 9.49. The molecule has 0 radical (unpaired) electrons. The Morgan fingerprint density at radius 2 is 0.867 bits per heavy atom. The van der Waals surface area contributed by atoms with Crippen molar-refractivity contribution in [3.8, 4) is 56.6 Å². The van der Waals surface area contributed by atoms with E-state index in [9.17, 15) is 10.5 Å².